The summed E-state index contributed by atoms with van der Waals surface area (Å²) in [6, 6.07) is 76.0. The van der Waals surface area contributed by atoms with Gasteiger partial charge in [-0.05, 0) is 80.4 Å². The maximum atomic E-state index is 2.40. The summed E-state index contributed by atoms with van der Waals surface area (Å²) in [6.45, 7) is 0. The molecule has 0 amide bonds. The van der Waals surface area contributed by atoms with Gasteiger partial charge in [-0.15, -0.1) is 0 Å². The first kappa shape index (κ1) is 29.9. The molecule has 0 aliphatic carbocycles. The fraction of sp³-hybridized carbons (Fsp3) is 0. The van der Waals surface area contributed by atoms with Gasteiger partial charge >= 0.3 is 0 Å². The highest BCUT2D eigenvalue weighted by atomic mass is 15.1. The lowest BCUT2D eigenvalue weighted by Crippen LogP contribution is -2.11. The number of rotatable bonds is 8. The second-order valence-corrected chi connectivity index (χ2v) is 12.1. The summed E-state index contributed by atoms with van der Waals surface area (Å²) in [7, 11) is 0. The van der Waals surface area contributed by atoms with Gasteiger partial charge in [-0.1, -0.05) is 182 Å². The van der Waals surface area contributed by atoms with E-state index in [9.17, 15) is 0 Å². The molecule has 0 saturated carbocycles. The van der Waals surface area contributed by atoms with Gasteiger partial charge in [0.05, 0.1) is 5.69 Å². The van der Waals surface area contributed by atoms with Gasteiger partial charge in [0.25, 0.3) is 0 Å². The summed E-state index contributed by atoms with van der Waals surface area (Å²) in [4.78, 5) is 2.40. The molecule has 0 aromatic heterocycles. The third kappa shape index (κ3) is 6.18. The Labute approximate surface area is 289 Å². The molecule has 0 heterocycles. The van der Waals surface area contributed by atoms with Crippen molar-refractivity contribution in [2.24, 2.45) is 0 Å². The minimum absolute atomic E-state index is 1.10. The van der Waals surface area contributed by atoms with Crippen molar-refractivity contribution in [3.63, 3.8) is 0 Å². The molecule has 8 aromatic carbocycles. The molecule has 8 aromatic rings. The molecular formula is C48H35N. The predicted molar refractivity (Wildman–Crippen MR) is 208 cm³/mol. The topological polar surface area (TPSA) is 3.24 Å². The lowest BCUT2D eigenvalue weighted by Gasteiger charge is -2.29. The highest BCUT2D eigenvalue weighted by Gasteiger charge is 2.20. The van der Waals surface area contributed by atoms with Crippen LogP contribution in [0.4, 0.5) is 17.1 Å². The van der Waals surface area contributed by atoms with E-state index in [0.29, 0.717) is 0 Å². The first-order valence-corrected chi connectivity index (χ1v) is 16.8. The second-order valence-electron chi connectivity index (χ2n) is 12.1. The van der Waals surface area contributed by atoms with Crippen LogP contribution in [0.1, 0.15) is 0 Å². The number of benzene rings is 8. The molecule has 1 nitrogen and oxygen atoms in total. The Morgan fingerprint density at radius 2 is 0.633 bits per heavy atom. The van der Waals surface area contributed by atoms with Crippen molar-refractivity contribution in [3.8, 4) is 55.6 Å². The van der Waals surface area contributed by atoms with Crippen molar-refractivity contribution < 1.29 is 0 Å². The molecule has 0 unspecified atom stereocenters. The van der Waals surface area contributed by atoms with Gasteiger partial charge in [0.1, 0.15) is 0 Å². The summed E-state index contributed by atoms with van der Waals surface area (Å²) < 4.78 is 0. The molecule has 0 aliphatic heterocycles. The van der Waals surface area contributed by atoms with Gasteiger partial charge in [-0.3, -0.25) is 0 Å². The number of hydrogen-bond donors (Lipinski definition) is 0. The fourth-order valence-electron chi connectivity index (χ4n) is 6.75. The average molecular weight is 626 g/mol. The number of hydrogen-bond acceptors (Lipinski definition) is 1. The summed E-state index contributed by atoms with van der Waals surface area (Å²) >= 11 is 0. The quantitative estimate of drug-likeness (QED) is 0.162. The zero-order chi connectivity index (χ0) is 32.8. The molecule has 0 atom stereocenters. The van der Waals surface area contributed by atoms with Crippen molar-refractivity contribution in [2.45, 2.75) is 0 Å². The number of para-hydroxylation sites is 1. The molecule has 0 bridgehead atoms. The largest absolute Gasteiger partial charge is 0.310 e. The number of nitrogens with zero attached hydrogens (tertiary/aromatic N) is 1. The van der Waals surface area contributed by atoms with Crippen molar-refractivity contribution in [3.05, 3.63) is 212 Å². The number of anilines is 3. The molecule has 0 aliphatic rings. The van der Waals surface area contributed by atoms with Gasteiger partial charge in [0, 0.05) is 16.9 Å². The van der Waals surface area contributed by atoms with Crippen LogP contribution in [-0.2, 0) is 0 Å². The zero-order valence-electron chi connectivity index (χ0n) is 27.2. The standard InChI is InChI=1S/C48H35N/c1-4-17-36(18-5-1)38-31-33-41(34-32-38)49(42-24-16-23-40(35-42)37-19-6-2-7-20-37)48-30-15-14-29-47(48)46-28-13-12-27-45(46)44-26-11-10-25-43(44)39-21-8-3-9-22-39/h1-35H. The predicted octanol–water partition coefficient (Wildman–Crippen LogP) is 13.5. The van der Waals surface area contributed by atoms with Crippen LogP contribution >= 0.6 is 0 Å². The van der Waals surface area contributed by atoms with E-state index in [2.05, 4.69) is 217 Å². The smallest absolute Gasteiger partial charge is 0.0540 e. The Morgan fingerprint density at radius 3 is 1.24 bits per heavy atom. The van der Waals surface area contributed by atoms with Gasteiger partial charge < -0.3 is 4.90 Å². The van der Waals surface area contributed by atoms with E-state index in [1.165, 1.54) is 55.6 Å². The molecule has 0 fully saturated rings. The molecule has 232 valence electrons. The van der Waals surface area contributed by atoms with Crippen molar-refractivity contribution in [2.75, 3.05) is 4.90 Å². The molecule has 0 N–H and O–H groups in total. The molecule has 8 rings (SSSR count). The normalized spacial score (nSPS) is 10.9. The summed E-state index contributed by atoms with van der Waals surface area (Å²) in [5, 5.41) is 0. The van der Waals surface area contributed by atoms with Gasteiger partial charge in [0.2, 0.25) is 0 Å². The van der Waals surface area contributed by atoms with Crippen LogP contribution < -0.4 is 4.90 Å². The lowest BCUT2D eigenvalue weighted by molar-refractivity contribution is 1.28. The van der Waals surface area contributed by atoms with E-state index in [4.69, 9.17) is 0 Å². The Kier molecular flexibility index (Phi) is 8.39. The van der Waals surface area contributed by atoms with Gasteiger partial charge in [0.15, 0.2) is 0 Å². The summed E-state index contributed by atoms with van der Waals surface area (Å²) in [5.41, 5.74) is 15.3. The summed E-state index contributed by atoms with van der Waals surface area (Å²) in [5.74, 6) is 0. The van der Waals surface area contributed by atoms with E-state index in [-0.39, 0.29) is 0 Å². The van der Waals surface area contributed by atoms with E-state index >= 15 is 0 Å². The highest BCUT2D eigenvalue weighted by Crippen LogP contribution is 2.45. The third-order valence-corrected chi connectivity index (χ3v) is 9.11. The molecule has 0 saturated heterocycles. The molecule has 0 spiro atoms. The lowest BCUT2D eigenvalue weighted by atomic mass is 9.88. The zero-order valence-corrected chi connectivity index (χ0v) is 27.2. The van der Waals surface area contributed by atoms with Crippen LogP contribution in [0.5, 0.6) is 0 Å². The van der Waals surface area contributed by atoms with E-state index in [0.717, 1.165) is 17.1 Å². The third-order valence-electron chi connectivity index (χ3n) is 9.11. The minimum atomic E-state index is 1.10. The van der Waals surface area contributed by atoms with E-state index < -0.39 is 0 Å². The van der Waals surface area contributed by atoms with Crippen LogP contribution in [0.3, 0.4) is 0 Å². The average Bonchev–Trinajstić information content (AvgIpc) is 3.20. The molecular weight excluding hydrogens is 591 g/mol. The minimum Gasteiger partial charge on any atom is -0.310 e. The first-order valence-electron chi connectivity index (χ1n) is 16.8. The highest BCUT2D eigenvalue weighted by molar-refractivity contribution is 5.97. The second kappa shape index (κ2) is 13.7. The Hall–Kier alpha value is -6.44. The Balaban J connectivity index is 1.31. The first-order chi connectivity index (χ1) is 24.3. The maximum absolute atomic E-state index is 2.40. The SMILES string of the molecule is c1ccc(-c2ccc(N(c3cccc(-c4ccccc4)c3)c3ccccc3-c3ccccc3-c3ccccc3-c3ccccc3)cc2)cc1. The summed E-state index contributed by atoms with van der Waals surface area (Å²) in [6.07, 6.45) is 0. The van der Waals surface area contributed by atoms with Gasteiger partial charge in [-0.2, -0.15) is 0 Å². The van der Waals surface area contributed by atoms with Crippen LogP contribution in [0.25, 0.3) is 55.6 Å². The van der Waals surface area contributed by atoms with Crippen molar-refractivity contribution >= 4 is 17.1 Å². The van der Waals surface area contributed by atoms with Crippen molar-refractivity contribution in [1.29, 1.82) is 0 Å². The maximum Gasteiger partial charge on any atom is 0.0540 e. The van der Waals surface area contributed by atoms with Gasteiger partial charge in [-0.25, -0.2) is 0 Å². The Morgan fingerprint density at radius 1 is 0.224 bits per heavy atom. The monoisotopic (exact) mass is 625 g/mol. The van der Waals surface area contributed by atoms with E-state index in [1.807, 2.05) is 0 Å². The van der Waals surface area contributed by atoms with Crippen LogP contribution in [0.15, 0.2) is 212 Å². The fourth-order valence-corrected chi connectivity index (χ4v) is 6.75. The van der Waals surface area contributed by atoms with Crippen LogP contribution in [0.2, 0.25) is 0 Å². The molecule has 1 heteroatoms. The van der Waals surface area contributed by atoms with Crippen molar-refractivity contribution in [1.82, 2.24) is 0 Å². The molecule has 0 radical (unpaired) electrons. The van der Waals surface area contributed by atoms with E-state index in [1.54, 1.807) is 0 Å². The Bertz CT molecular complexity index is 2310. The molecule has 49 heavy (non-hydrogen) atoms. The van der Waals surface area contributed by atoms with Crippen LogP contribution in [-0.4, -0.2) is 0 Å². The van der Waals surface area contributed by atoms with Crippen LogP contribution in [0, 0.1) is 0 Å².